The minimum absolute atomic E-state index is 0.0857. The second-order valence-electron chi connectivity index (χ2n) is 6.63. The number of furan rings is 1. The summed E-state index contributed by atoms with van der Waals surface area (Å²) in [5.41, 5.74) is 0. The molecule has 2 atom stereocenters. The molecule has 130 valence electrons. The number of ether oxygens (including phenoxy) is 1. The van der Waals surface area contributed by atoms with Gasteiger partial charge in [-0.3, -0.25) is 4.79 Å². The number of methoxy groups -OCH3 is 1. The molecule has 2 aliphatic rings. The first-order chi connectivity index (χ1) is 11.6. The summed E-state index contributed by atoms with van der Waals surface area (Å²) in [6.07, 6.45) is 5.55. The number of likely N-dealkylation sites (tertiary alicyclic amines) is 1. The van der Waals surface area contributed by atoms with E-state index in [0.29, 0.717) is 30.7 Å². The lowest BCUT2D eigenvalue weighted by atomic mass is 10.1. The Bertz CT molecular complexity index is 629. The van der Waals surface area contributed by atoms with Crippen LogP contribution in [0.25, 0.3) is 6.08 Å². The van der Waals surface area contributed by atoms with Gasteiger partial charge >= 0.3 is 6.09 Å². The monoisotopic (exact) mass is 332 g/mol. The molecule has 1 saturated heterocycles. The predicted molar refractivity (Wildman–Crippen MR) is 89.4 cm³/mol. The van der Waals surface area contributed by atoms with Crippen LogP contribution in [0, 0.1) is 5.92 Å². The van der Waals surface area contributed by atoms with Gasteiger partial charge in [-0.15, -0.1) is 0 Å². The maximum absolute atomic E-state index is 12.0. The van der Waals surface area contributed by atoms with Crippen LogP contribution in [0.15, 0.2) is 22.6 Å². The van der Waals surface area contributed by atoms with E-state index in [9.17, 15) is 9.59 Å². The Morgan fingerprint density at radius 1 is 1.33 bits per heavy atom. The van der Waals surface area contributed by atoms with E-state index in [0.717, 1.165) is 18.6 Å². The Hall–Kier alpha value is -2.24. The SMILES string of the molecule is COC(=O)N1CCC(NC(=O)/C=C/c2ccc(C3CC3C)o2)CC1. The standard InChI is InChI=1S/C18H24N2O4/c1-12-11-15(12)16-5-3-14(24-16)4-6-17(21)19-13-7-9-20(10-8-13)18(22)23-2/h3-6,12-13,15H,7-11H2,1-2H3,(H,19,21)/b6-4+. The smallest absolute Gasteiger partial charge is 0.409 e. The lowest BCUT2D eigenvalue weighted by Crippen LogP contribution is -2.46. The fourth-order valence-corrected chi connectivity index (χ4v) is 3.12. The Labute approximate surface area is 141 Å². The van der Waals surface area contributed by atoms with Crippen molar-refractivity contribution in [2.24, 2.45) is 5.92 Å². The van der Waals surface area contributed by atoms with Gasteiger partial charge in [0.1, 0.15) is 11.5 Å². The maximum Gasteiger partial charge on any atom is 0.409 e. The lowest BCUT2D eigenvalue weighted by Gasteiger charge is -2.31. The third-order valence-electron chi connectivity index (χ3n) is 4.80. The first kappa shape index (κ1) is 16.6. The number of rotatable bonds is 4. The second kappa shape index (κ2) is 7.11. The molecule has 6 nitrogen and oxygen atoms in total. The molecule has 1 aromatic rings. The van der Waals surface area contributed by atoms with E-state index in [4.69, 9.17) is 9.15 Å². The summed E-state index contributed by atoms with van der Waals surface area (Å²) in [7, 11) is 1.38. The summed E-state index contributed by atoms with van der Waals surface area (Å²) < 4.78 is 10.4. The number of carbonyl (C=O) groups excluding carboxylic acids is 2. The third kappa shape index (κ3) is 3.99. The topological polar surface area (TPSA) is 71.8 Å². The van der Waals surface area contributed by atoms with Crippen molar-refractivity contribution in [3.8, 4) is 0 Å². The van der Waals surface area contributed by atoms with Crippen LogP contribution in [0.1, 0.15) is 43.6 Å². The zero-order chi connectivity index (χ0) is 17.1. The Morgan fingerprint density at radius 3 is 2.67 bits per heavy atom. The van der Waals surface area contributed by atoms with E-state index in [1.54, 1.807) is 11.0 Å². The molecule has 1 saturated carbocycles. The Morgan fingerprint density at radius 2 is 2.04 bits per heavy atom. The second-order valence-corrected chi connectivity index (χ2v) is 6.63. The van der Waals surface area contributed by atoms with E-state index < -0.39 is 0 Å². The van der Waals surface area contributed by atoms with Gasteiger partial charge < -0.3 is 19.4 Å². The van der Waals surface area contributed by atoms with Gasteiger partial charge in [-0.05, 0) is 43.4 Å². The van der Waals surface area contributed by atoms with Crippen molar-refractivity contribution in [1.82, 2.24) is 10.2 Å². The number of hydrogen-bond donors (Lipinski definition) is 1. The molecule has 2 unspecified atom stereocenters. The van der Waals surface area contributed by atoms with Crippen molar-refractivity contribution in [2.75, 3.05) is 20.2 Å². The van der Waals surface area contributed by atoms with E-state index in [-0.39, 0.29) is 18.0 Å². The van der Waals surface area contributed by atoms with Gasteiger partial charge in [-0.2, -0.15) is 0 Å². The van der Waals surface area contributed by atoms with Crippen molar-refractivity contribution >= 4 is 18.1 Å². The zero-order valence-corrected chi connectivity index (χ0v) is 14.2. The number of nitrogens with zero attached hydrogens (tertiary/aromatic N) is 1. The molecule has 1 N–H and O–H groups in total. The zero-order valence-electron chi connectivity index (χ0n) is 14.2. The first-order valence-electron chi connectivity index (χ1n) is 8.48. The van der Waals surface area contributed by atoms with Gasteiger partial charge in [0, 0.05) is 31.1 Å². The fraction of sp³-hybridized carbons (Fsp3) is 0.556. The average Bonchev–Trinajstić information content (AvgIpc) is 3.13. The summed E-state index contributed by atoms with van der Waals surface area (Å²) in [5.74, 6) is 2.83. The van der Waals surface area contributed by atoms with E-state index >= 15 is 0 Å². The molecule has 0 spiro atoms. The molecular formula is C18H24N2O4. The number of nitrogens with one attached hydrogen (secondary N) is 1. The van der Waals surface area contributed by atoms with Gasteiger partial charge in [0.15, 0.2) is 0 Å². The van der Waals surface area contributed by atoms with Crippen molar-refractivity contribution in [3.63, 3.8) is 0 Å². The molecule has 0 radical (unpaired) electrons. The third-order valence-corrected chi connectivity index (χ3v) is 4.80. The number of hydrogen-bond acceptors (Lipinski definition) is 4. The van der Waals surface area contributed by atoms with Gasteiger partial charge in [0.2, 0.25) is 5.91 Å². The van der Waals surface area contributed by atoms with Crippen LogP contribution in [0.2, 0.25) is 0 Å². The van der Waals surface area contributed by atoms with Crippen LogP contribution in [-0.2, 0) is 9.53 Å². The van der Waals surface area contributed by atoms with Crippen LogP contribution < -0.4 is 5.32 Å². The molecule has 24 heavy (non-hydrogen) atoms. The van der Waals surface area contributed by atoms with Gasteiger partial charge in [0.05, 0.1) is 7.11 Å². The molecule has 1 aliphatic carbocycles. The summed E-state index contributed by atoms with van der Waals surface area (Å²) in [6.45, 7) is 3.41. The van der Waals surface area contributed by atoms with E-state index in [2.05, 4.69) is 12.2 Å². The minimum atomic E-state index is -0.307. The van der Waals surface area contributed by atoms with Crippen LogP contribution in [0.4, 0.5) is 4.79 Å². The average molecular weight is 332 g/mol. The Balaban J connectivity index is 1.44. The number of carbonyl (C=O) groups is 2. The number of amides is 2. The van der Waals surface area contributed by atoms with Crippen LogP contribution in [0.5, 0.6) is 0 Å². The Kier molecular flexibility index (Phi) is 4.92. The molecule has 2 heterocycles. The van der Waals surface area contributed by atoms with Crippen molar-refractivity contribution in [2.45, 2.75) is 38.1 Å². The van der Waals surface area contributed by atoms with Crippen molar-refractivity contribution in [3.05, 3.63) is 29.7 Å². The molecule has 3 rings (SSSR count). The van der Waals surface area contributed by atoms with Crippen molar-refractivity contribution in [1.29, 1.82) is 0 Å². The minimum Gasteiger partial charge on any atom is -0.461 e. The predicted octanol–water partition coefficient (Wildman–Crippen LogP) is 2.76. The largest absolute Gasteiger partial charge is 0.461 e. The lowest BCUT2D eigenvalue weighted by molar-refractivity contribution is -0.117. The molecule has 6 heteroatoms. The summed E-state index contributed by atoms with van der Waals surface area (Å²) in [4.78, 5) is 25.1. The van der Waals surface area contributed by atoms with E-state index in [1.165, 1.54) is 19.6 Å². The first-order valence-corrected chi connectivity index (χ1v) is 8.48. The maximum atomic E-state index is 12.0. The van der Waals surface area contributed by atoms with Crippen LogP contribution in [-0.4, -0.2) is 43.1 Å². The normalized spacial score (nSPS) is 24.2. The highest BCUT2D eigenvalue weighted by Gasteiger charge is 2.36. The fourth-order valence-electron chi connectivity index (χ4n) is 3.12. The molecule has 1 aromatic heterocycles. The quantitative estimate of drug-likeness (QED) is 0.861. The number of piperidine rings is 1. The van der Waals surface area contributed by atoms with Crippen LogP contribution in [0.3, 0.4) is 0 Å². The van der Waals surface area contributed by atoms with Crippen molar-refractivity contribution < 1.29 is 18.7 Å². The highest BCUT2D eigenvalue weighted by Crippen LogP contribution is 2.47. The van der Waals surface area contributed by atoms with E-state index in [1.807, 2.05) is 12.1 Å². The van der Waals surface area contributed by atoms with Gasteiger partial charge in [-0.1, -0.05) is 6.92 Å². The van der Waals surface area contributed by atoms with Crippen LogP contribution >= 0.6 is 0 Å². The summed E-state index contributed by atoms with van der Waals surface area (Å²) in [6, 6.07) is 3.98. The van der Waals surface area contributed by atoms with Gasteiger partial charge in [-0.25, -0.2) is 4.79 Å². The highest BCUT2D eigenvalue weighted by atomic mass is 16.5. The molecule has 1 aliphatic heterocycles. The van der Waals surface area contributed by atoms with Gasteiger partial charge in [0.25, 0.3) is 0 Å². The summed E-state index contributed by atoms with van der Waals surface area (Å²) in [5, 5.41) is 2.97. The molecule has 0 aromatic carbocycles. The molecule has 2 amide bonds. The molecule has 0 bridgehead atoms. The molecule has 2 fully saturated rings. The highest BCUT2D eigenvalue weighted by molar-refractivity contribution is 5.91. The molecular weight excluding hydrogens is 308 g/mol. The summed E-state index contributed by atoms with van der Waals surface area (Å²) >= 11 is 0.